The fourth-order valence-electron chi connectivity index (χ4n) is 4.41. The molecule has 3 aromatic carbocycles. The summed E-state index contributed by atoms with van der Waals surface area (Å²) in [6, 6.07) is 23.5. The first-order chi connectivity index (χ1) is 15.7. The van der Waals surface area contributed by atoms with E-state index >= 15 is 0 Å². The largest absolute Gasteiger partial charge is 0.497 e. The average Bonchev–Trinajstić information content (AvgIpc) is 3.42. The lowest BCUT2D eigenvalue weighted by Gasteiger charge is -2.37. The molecular formula is C24H20N6O2. The van der Waals surface area contributed by atoms with Crippen LogP contribution >= 0.6 is 0 Å². The van der Waals surface area contributed by atoms with Crippen LogP contribution in [0, 0.1) is 6.92 Å². The average molecular weight is 424 g/mol. The van der Waals surface area contributed by atoms with Crippen molar-refractivity contribution in [2.75, 3.05) is 22.0 Å². The van der Waals surface area contributed by atoms with Gasteiger partial charge in [0.25, 0.3) is 5.95 Å². The molecule has 8 heteroatoms. The second-order valence-corrected chi connectivity index (χ2v) is 7.78. The Labute approximate surface area is 184 Å². The molecule has 4 aromatic rings. The molecule has 1 aromatic heterocycles. The van der Waals surface area contributed by atoms with E-state index in [1.807, 2.05) is 83.2 Å². The summed E-state index contributed by atoms with van der Waals surface area (Å²) in [5.41, 5.74) is 4.68. The number of methoxy groups -OCH3 is 1. The molecule has 1 unspecified atom stereocenters. The van der Waals surface area contributed by atoms with Crippen LogP contribution in [0.25, 0.3) is 5.69 Å². The highest BCUT2D eigenvalue weighted by Gasteiger charge is 2.51. The molecule has 3 heterocycles. The summed E-state index contributed by atoms with van der Waals surface area (Å²) in [7, 11) is 1.64. The lowest BCUT2D eigenvalue weighted by atomic mass is 10.1. The quantitative estimate of drug-likeness (QED) is 0.486. The Morgan fingerprint density at radius 1 is 0.938 bits per heavy atom. The number of hydrazine groups is 1. The minimum Gasteiger partial charge on any atom is -0.497 e. The van der Waals surface area contributed by atoms with E-state index in [9.17, 15) is 4.79 Å². The third kappa shape index (κ3) is 2.52. The highest BCUT2D eigenvalue weighted by molar-refractivity contribution is 6.10. The smallest absolute Gasteiger partial charge is 0.352 e. The molecule has 0 radical (unpaired) electrons. The van der Waals surface area contributed by atoms with Gasteiger partial charge in [0.05, 0.1) is 18.5 Å². The van der Waals surface area contributed by atoms with Crippen LogP contribution < -0.4 is 19.7 Å². The molecule has 6 rings (SSSR count). The topological polar surface area (TPSA) is 66.7 Å². The van der Waals surface area contributed by atoms with E-state index in [0.29, 0.717) is 5.95 Å². The van der Waals surface area contributed by atoms with Gasteiger partial charge in [0.2, 0.25) is 0 Å². The van der Waals surface area contributed by atoms with Crippen molar-refractivity contribution in [3.63, 3.8) is 0 Å². The number of hydrogen-bond donors (Lipinski definition) is 0. The molecule has 1 saturated heterocycles. The Balaban J connectivity index is 1.61. The lowest BCUT2D eigenvalue weighted by Crippen LogP contribution is -2.44. The molecule has 1 atom stereocenters. The Hall–Kier alpha value is -4.33. The zero-order chi connectivity index (χ0) is 21.8. The number of fused-ring (bicyclic) bond motifs is 6. The van der Waals surface area contributed by atoms with Crippen LogP contribution in [-0.4, -0.2) is 27.9 Å². The van der Waals surface area contributed by atoms with Gasteiger partial charge in [-0.05, 0) is 54.4 Å². The molecule has 0 spiro atoms. The van der Waals surface area contributed by atoms with E-state index in [4.69, 9.17) is 4.74 Å². The number of anilines is 3. The molecule has 2 aliphatic heterocycles. The van der Waals surface area contributed by atoms with Crippen LogP contribution in [0.3, 0.4) is 0 Å². The standard InChI is InChI=1S/C24H20N6O2/c1-16-8-13-20-21(14-16)29-22(17-9-11-19(32-2)12-10-17)28(18-6-4-3-5-7-18)24(31)30(29)23-26-25-15-27(20)23/h3-15,22H,1-2H3. The maximum absolute atomic E-state index is 13.9. The second-order valence-electron chi connectivity index (χ2n) is 7.78. The van der Waals surface area contributed by atoms with Crippen molar-refractivity contribution < 1.29 is 9.53 Å². The summed E-state index contributed by atoms with van der Waals surface area (Å²) in [5, 5.41) is 12.0. The predicted molar refractivity (Wildman–Crippen MR) is 121 cm³/mol. The normalized spacial score (nSPS) is 16.6. The van der Waals surface area contributed by atoms with Crippen LogP contribution in [0.4, 0.5) is 22.1 Å². The highest BCUT2D eigenvalue weighted by atomic mass is 16.5. The summed E-state index contributed by atoms with van der Waals surface area (Å²) < 4.78 is 7.20. The number of urea groups is 1. The molecular weight excluding hydrogens is 404 g/mol. The Kier molecular flexibility index (Phi) is 3.94. The number of para-hydroxylation sites is 1. The number of benzene rings is 3. The van der Waals surface area contributed by atoms with E-state index < -0.39 is 6.17 Å². The maximum Gasteiger partial charge on any atom is 0.352 e. The Morgan fingerprint density at radius 3 is 2.47 bits per heavy atom. The van der Waals surface area contributed by atoms with Gasteiger partial charge >= 0.3 is 6.03 Å². The molecule has 8 nitrogen and oxygen atoms in total. The monoisotopic (exact) mass is 424 g/mol. The van der Waals surface area contributed by atoms with E-state index in [2.05, 4.69) is 16.3 Å². The van der Waals surface area contributed by atoms with E-state index in [0.717, 1.165) is 33.9 Å². The van der Waals surface area contributed by atoms with Gasteiger partial charge in [-0.2, -0.15) is 5.01 Å². The minimum absolute atomic E-state index is 0.196. The van der Waals surface area contributed by atoms with E-state index in [1.165, 1.54) is 0 Å². The van der Waals surface area contributed by atoms with Crippen LogP contribution in [0.5, 0.6) is 5.75 Å². The number of carbonyl (C=O) groups excluding carboxylic acids is 1. The number of aryl methyl sites for hydroxylation is 1. The van der Waals surface area contributed by atoms with Crippen LogP contribution in [0.15, 0.2) is 79.1 Å². The predicted octanol–water partition coefficient (Wildman–Crippen LogP) is 4.46. The van der Waals surface area contributed by atoms with Crippen molar-refractivity contribution >= 4 is 23.4 Å². The van der Waals surface area contributed by atoms with Crippen molar-refractivity contribution in [2.45, 2.75) is 13.1 Å². The molecule has 2 aliphatic rings. The first-order valence-electron chi connectivity index (χ1n) is 10.3. The number of carbonyl (C=O) groups is 1. The van der Waals surface area contributed by atoms with Gasteiger partial charge < -0.3 is 4.74 Å². The highest BCUT2D eigenvalue weighted by Crippen LogP contribution is 2.47. The molecule has 0 aliphatic carbocycles. The molecule has 32 heavy (non-hydrogen) atoms. The summed E-state index contributed by atoms with van der Waals surface area (Å²) in [6.07, 6.45) is 1.23. The number of nitrogens with zero attached hydrogens (tertiary/aromatic N) is 6. The molecule has 158 valence electrons. The molecule has 1 fully saturated rings. The lowest BCUT2D eigenvalue weighted by molar-refractivity contribution is 0.255. The van der Waals surface area contributed by atoms with Gasteiger partial charge in [-0.15, -0.1) is 10.2 Å². The number of aromatic nitrogens is 3. The third-order valence-corrected chi connectivity index (χ3v) is 5.88. The number of ether oxygens (including phenoxy) is 1. The molecule has 0 saturated carbocycles. The second kappa shape index (κ2) is 6.84. The fourth-order valence-corrected chi connectivity index (χ4v) is 4.41. The summed E-state index contributed by atoms with van der Waals surface area (Å²) in [5.74, 6) is 1.22. The summed E-state index contributed by atoms with van der Waals surface area (Å²) in [6.45, 7) is 2.04. The summed E-state index contributed by atoms with van der Waals surface area (Å²) >= 11 is 0. The molecule has 0 N–H and O–H groups in total. The fraction of sp³-hybridized carbons (Fsp3) is 0.125. The van der Waals surface area contributed by atoms with Crippen molar-refractivity contribution in [1.29, 1.82) is 0 Å². The molecule has 0 bridgehead atoms. The number of rotatable bonds is 3. The zero-order valence-electron chi connectivity index (χ0n) is 17.6. The van der Waals surface area contributed by atoms with Gasteiger partial charge in [0.1, 0.15) is 12.1 Å². The van der Waals surface area contributed by atoms with Crippen LogP contribution in [0.2, 0.25) is 0 Å². The van der Waals surface area contributed by atoms with E-state index in [-0.39, 0.29) is 6.03 Å². The van der Waals surface area contributed by atoms with Crippen LogP contribution in [-0.2, 0) is 0 Å². The van der Waals surface area contributed by atoms with Gasteiger partial charge in [0, 0.05) is 5.69 Å². The van der Waals surface area contributed by atoms with Crippen molar-refractivity contribution in [2.24, 2.45) is 0 Å². The van der Waals surface area contributed by atoms with Gasteiger partial charge in [0.15, 0.2) is 6.17 Å². The van der Waals surface area contributed by atoms with Crippen molar-refractivity contribution in [3.8, 4) is 11.4 Å². The Morgan fingerprint density at radius 2 is 1.72 bits per heavy atom. The maximum atomic E-state index is 13.9. The zero-order valence-corrected chi connectivity index (χ0v) is 17.6. The van der Waals surface area contributed by atoms with Gasteiger partial charge in [-0.25, -0.2) is 9.80 Å². The van der Waals surface area contributed by atoms with E-state index in [1.54, 1.807) is 23.3 Å². The Bertz CT molecular complexity index is 1320. The first-order valence-corrected chi connectivity index (χ1v) is 10.3. The summed E-state index contributed by atoms with van der Waals surface area (Å²) in [4.78, 5) is 15.7. The van der Waals surface area contributed by atoms with Crippen LogP contribution in [0.1, 0.15) is 17.3 Å². The minimum atomic E-state index is -0.415. The van der Waals surface area contributed by atoms with Crippen molar-refractivity contribution in [3.05, 3.63) is 90.3 Å². The first kappa shape index (κ1) is 18.4. The van der Waals surface area contributed by atoms with Crippen molar-refractivity contribution in [1.82, 2.24) is 14.8 Å². The van der Waals surface area contributed by atoms with Gasteiger partial charge in [-0.3, -0.25) is 9.47 Å². The van der Waals surface area contributed by atoms with Gasteiger partial charge in [-0.1, -0.05) is 36.4 Å². The molecule has 2 amide bonds. The third-order valence-electron chi connectivity index (χ3n) is 5.88. The number of amides is 2. The SMILES string of the molecule is COc1ccc(C2N(c3ccccc3)C(=O)N3c4nncn4-c4ccc(C)cc4N23)cc1. The number of hydrogen-bond acceptors (Lipinski definition) is 5.